The minimum atomic E-state index is -0.105. The first-order chi connectivity index (χ1) is 12.7. The number of aromatic nitrogens is 3. The third-order valence-corrected chi connectivity index (χ3v) is 5.55. The van der Waals surface area contributed by atoms with Crippen LogP contribution < -0.4 is 10.1 Å². The van der Waals surface area contributed by atoms with E-state index in [2.05, 4.69) is 15.3 Å². The summed E-state index contributed by atoms with van der Waals surface area (Å²) in [5.74, 6) is 0.976. The van der Waals surface area contributed by atoms with E-state index in [0.717, 1.165) is 26.6 Å². The van der Waals surface area contributed by atoms with Crippen LogP contribution in [0.2, 0.25) is 0 Å². The summed E-state index contributed by atoms with van der Waals surface area (Å²) in [6, 6.07) is 11.6. The zero-order valence-corrected chi connectivity index (χ0v) is 15.6. The molecule has 0 radical (unpaired) electrons. The van der Waals surface area contributed by atoms with E-state index in [4.69, 9.17) is 4.74 Å². The summed E-state index contributed by atoms with van der Waals surface area (Å²) >= 11 is 2.83. The Labute approximate surface area is 158 Å². The van der Waals surface area contributed by atoms with Crippen molar-refractivity contribution in [1.29, 1.82) is 0 Å². The summed E-state index contributed by atoms with van der Waals surface area (Å²) in [7, 11) is 0. The van der Waals surface area contributed by atoms with Gasteiger partial charge in [-0.15, -0.1) is 0 Å². The van der Waals surface area contributed by atoms with Crippen molar-refractivity contribution in [2.45, 2.75) is 12.1 Å². The molecule has 0 aliphatic heterocycles. The van der Waals surface area contributed by atoms with E-state index >= 15 is 0 Å². The second kappa shape index (κ2) is 7.35. The number of amides is 1. The molecule has 1 N–H and O–H groups in total. The van der Waals surface area contributed by atoms with Crippen LogP contribution in [-0.2, 0) is 4.79 Å². The van der Waals surface area contributed by atoms with Gasteiger partial charge in [0.1, 0.15) is 5.75 Å². The Kier molecular flexibility index (Phi) is 4.77. The number of carbonyl (C=O) groups is 1. The molecule has 0 aliphatic rings. The number of hydrogen-bond donors (Lipinski definition) is 1. The van der Waals surface area contributed by atoms with Gasteiger partial charge >= 0.3 is 0 Å². The number of nitrogens with one attached hydrogen (secondary N) is 1. The van der Waals surface area contributed by atoms with Crippen molar-refractivity contribution < 1.29 is 9.53 Å². The van der Waals surface area contributed by atoms with Gasteiger partial charge < -0.3 is 10.1 Å². The topological polar surface area (TPSA) is 68.5 Å². The van der Waals surface area contributed by atoms with Crippen molar-refractivity contribution in [2.24, 2.45) is 0 Å². The molecule has 6 nitrogen and oxygen atoms in total. The number of ether oxygens (including phenoxy) is 1. The van der Waals surface area contributed by atoms with Crippen LogP contribution >= 0.6 is 23.1 Å². The lowest BCUT2D eigenvalue weighted by Gasteiger charge is -2.01. The van der Waals surface area contributed by atoms with Crippen molar-refractivity contribution in [1.82, 2.24) is 14.4 Å². The van der Waals surface area contributed by atoms with Crippen LogP contribution in [0.15, 0.2) is 53.9 Å². The molecule has 0 saturated heterocycles. The molecule has 132 valence electrons. The average Bonchev–Trinajstić information content (AvgIpc) is 3.23. The summed E-state index contributed by atoms with van der Waals surface area (Å²) in [6.07, 6.45) is 3.73. The standard InChI is InChI=1S/C18H16N4O2S2/c1-2-24-13-6-7-14-15(9-13)26-17(20-14)21-16(23)11-25-18-19-10-12-5-3-4-8-22(12)18/h3-10H,2,11H2,1H3,(H,20,21,23). The molecule has 4 rings (SSSR count). The van der Waals surface area contributed by atoms with Crippen LogP contribution in [0.25, 0.3) is 15.7 Å². The number of pyridine rings is 1. The number of imidazole rings is 1. The van der Waals surface area contributed by atoms with E-state index in [9.17, 15) is 4.79 Å². The van der Waals surface area contributed by atoms with Crippen molar-refractivity contribution >= 4 is 49.9 Å². The van der Waals surface area contributed by atoms with Crippen LogP contribution in [0.1, 0.15) is 6.92 Å². The Morgan fingerprint density at radius 1 is 1.35 bits per heavy atom. The minimum absolute atomic E-state index is 0.105. The molecule has 1 aromatic carbocycles. The van der Waals surface area contributed by atoms with Crippen LogP contribution in [0.5, 0.6) is 5.75 Å². The van der Waals surface area contributed by atoms with Crippen LogP contribution in [0.3, 0.4) is 0 Å². The fraction of sp³-hybridized carbons (Fsp3) is 0.167. The zero-order chi connectivity index (χ0) is 17.9. The number of thiazole rings is 1. The number of fused-ring (bicyclic) bond motifs is 2. The molecule has 26 heavy (non-hydrogen) atoms. The molecule has 8 heteroatoms. The molecule has 1 amide bonds. The molecule has 0 spiro atoms. The first-order valence-electron chi connectivity index (χ1n) is 8.11. The number of rotatable bonds is 6. The third-order valence-electron chi connectivity index (χ3n) is 3.65. The van der Waals surface area contributed by atoms with Crippen molar-refractivity contribution in [3.05, 3.63) is 48.8 Å². The van der Waals surface area contributed by atoms with Gasteiger partial charge in [-0.1, -0.05) is 29.2 Å². The highest BCUT2D eigenvalue weighted by molar-refractivity contribution is 7.99. The van der Waals surface area contributed by atoms with Gasteiger partial charge in [0.05, 0.1) is 34.3 Å². The first-order valence-corrected chi connectivity index (χ1v) is 9.91. The van der Waals surface area contributed by atoms with Gasteiger partial charge in [-0.25, -0.2) is 9.97 Å². The zero-order valence-electron chi connectivity index (χ0n) is 14.0. The van der Waals surface area contributed by atoms with Gasteiger partial charge in [0.2, 0.25) is 5.91 Å². The Balaban J connectivity index is 1.42. The molecule has 0 aliphatic carbocycles. The highest BCUT2D eigenvalue weighted by Gasteiger charge is 2.11. The Bertz CT molecular complexity index is 1070. The van der Waals surface area contributed by atoms with E-state index in [1.807, 2.05) is 53.9 Å². The summed E-state index contributed by atoms with van der Waals surface area (Å²) in [4.78, 5) is 21.1. The maximum absolute atomic E-state index is 12.3. The molecule has 4 aromatic rings. The van der Waals surface area contributed by atoms with Crippen molar-refractivity contribution in [3.8, 4) is 5.75 Å². The minimum Gasteiger partial charge on any atom is -0.494 e. The highest BCUT2D eigenvalue weighted by Crippen LogP contribution is 2.29. The lowest BCUT2D eigenvalue weighted by atomic mass is 10.3. The molecule has 3 aromatic heterocycles. The molecule has 0 saturated carbocycles. The van der Waals surface area contributed by atoms with E-state index in [1.165, 1.54) is 23.1 Å². The maximum atomic E-state index is 12.3. The molecular weight excluding hydrogens is 368 g/mol. The maximum Gasteiger partial charge on any atom is 0.236 e. The number of thioether (sulfide) groups is 1. The molecule has 3 heterocycles. The summed E-state index contributed by atoms with van der Waals surface area (Å²) in [5, 5.41) is 4.25. The van der Waals surface area contributed by atoms with Gasteiger partial charge in [0.25, 0.3) is 0 Å². The fourth-order valence-corrected chi connectivity index (χ4v) is 4.20. The van der Waals surface area contributed by atoms with E-state index in [0.29, 0.717) is 11.7 Å². The number of anilines is 1. The van der Waals surface area contributed by atoms with E-state index < -0.39 is 0 Å². The lowest BCUT2D eigenvalue weighted by molar-refractivity contribution is -0.113. The van der Waals surface area contributed by atoms with E-state index in [-0.39, 0.29) is 11.7 Å². The molecule has 0 bridgehead atoms. The smallest absolute Gasteiger partial charge is 0.236 e. The largest absolute Gasteiger partial charge is 0.494 e. The predicted molar refractivity (Wildman–Crippen MR) is 105 cm³/mol. The van der Waals surface area contributed by atoms with Crippen LogP contribution in [-0.4, -0.2) is 32.6 Å². The van der Waals surface area contributed by atoms with E-state index in [1.54, 1.807) is 6.20 Å². The van der Waals surface area contributed by atoms with Gasteiger partial charge in [-0.3, -0.25) is 9.20 Å². The first kappa shape index (κ1) is 16.9. The van der Waals surface area contributed by atoms with Gasteiger partial charge in [0, 0.05) is 6.20 Å². The summed E-state index contributed by atoms with van der Waals surface area (Å²) < 4.78 is 8.45. The average molecular weight is 384 g/mol. The number of carbonyl (C=O) groups excluding carboxylic acids is 1. The molecule has 0 fully saturated rings. The monoisotopic (exact) mass is 384 g/mol. The van der Waals surface area contributed by atoms with Crippen LogP contribution in [0.4, 0.5) is 5.13 Å². The molecule has 0 unspecified atom stereocenters. The van der Waals surface area contributed by atoms with Gasteiger partial charge in [0.15, 0.2) is 10.3 Å². The second-order valence-electron chi connectivity index (χ2n) is 5.45. The normalized spacial score (nSPS) is 11.1. The highest BCUT2D eigenvalue weighted by atomic mass is 32.2. The Morgan fingerprint density at radius 2 is 2.27 bits per heavy atom. The number of hydrogen-bond acceptors (Lipinski definition) is 6. The Morgan fingerprint density at radius 3 is 3.15 bits per heavy atom. The van der Waals surface area contributed by atoms with Crippen molar-refractivity contribution in [3.63, 3.8) is 0 Å². The van der Waals surface area contributed by atoms with Crippen LogP contribution in [0, 0.1) is 0 Å². The SMILES string of the molecule is CCOc1ccc2nc(NC(=O)CSc3ncc4ccccn34)sc2c1. The predicted octanol–water partition coefficient (Wildman–Crippen LogP) is 4.07. The van der Waals surface area contributed by atoms with Gasteiger partial charge in [-0.05, 0) is 37.3 Å². The Hall–Kier alpha value is -2.58. The number of benzene rings is 1. The molecular formula is C18H16N4O2S2. The third kappa shape index (κ3) is 3.51. The second-order valence-corrected chi connectivity index (χ2v) is 7.43. The lowest BCUT2D eigenvalue weighted by Crippen LogP contribution is -2.14. The van der Waals surface area contributed by atoms with Crippen molar-refractivity contribution in [2.75, 3.05) is 17.7 Å². The number of nitrogens with zero attached hydrogens (tertiary/aromatic N) is 3. The summed E-state index contributed by atoms with van der Waals surface area (Å²) in [5.41, 5.74) is 1.85. The molecule has 0 atom stereocenters. The van der Waals surface area contributed by atoms with Gasteiger partial charge in [-0.2, -0.15) is 0 Å². The quantitative estimate of drug-likeness (QED) is 0.508. The fourth-order valence-electron chi connectivity index (χ4n) is 2.53. The summed E-state index contributed by atoms with van der Waals surface area (Å²) in [6.45, 7) is 2.57.